The standard InChI is InChI=1S/C26H31N5O/c1-3-22-6-4-5-16-31(22)17-15-28-26(32)23-18-29-25(21-9-7-19(2)8-10-21)30-24(23)20-11-13-27-14-12-20/h7-14,18,22H,3-6,15-17H2,1-2H3,(H,28,32). The van der Waals surface area contributed by atoms with Gasteiger partial charge in [0.25, 0.3) is 5.91 Å². The van der Waals surface area contributed by atoms with E-state index in [1.165, 1.54) is 24.8 Å². The first kappa shape index (κ1) is 22.1. The molecule has 6 heteroatoms. The van der Waals surface area contributed by atoms with Crippen molar-refractivity contribution >= 4 is 5.91 Å². The highest BCUT2D eigenvalue weighted by Crippen LogP contribution is 2.25. The van der Waals surface area contributed by atoms with Gasteiger partial charge in [-0.15, -0.1) is 0 Å². The Balaban J connectivity index is 1.54. The van der Waals surface area contributed by atoms with Gasteiger partial charge in [0, 0.05) is 48.8 Å². The minimum atomic E-state index is -0.141. The van der Waals surface area contributed by atoms with Gasteiger partial charge in [-0.25, -0.2) is 9.97 Å². The second-order valence-corrected chi connectivity index (χ2v) is 8.41. The fraction of sp³-hybridized carbons (Fsp3) is 0.385. The van der Waals surface area contributed by atoms with Crippen molar-refractivity contribution in [1.82, 2.24) is 25.2 Å². The minimum Gasteiger partial charge on any atom is -0.351 e. The Morgan fingerprint density at radius 2 is 1.88 bits per heavy atom. The third kappa shape index (κ3) is 5.19. The van der Waals surface area contributed by atoms with Crippen LogP contribution in [0.4, 0.5) is 0 Å². The van der Waals surface area contributed by atoms with Crippen LogP contribution in [-0.2, 0) is 0 Å². The number of pyridine rings is 1. The number of likely N-dealkylation sites (tertiary alicyclic amines) is 1. The summed E-state index contributed by atoms with van der Waals surface area (Å²) < 4.78 is 0. The Morgan fingerprint density at radius 3 is 2.62 bits per heavy atom. The summed E-state index contributed by atoms with van der Waals surface area (Å²) in [6, 6.07) is 12.5. The van der Waals surface area contributed by atoms with Crippen LogP contribution >= 0.6 is 0 Å². The molecule has 0 bridgehead atoms. The molecule has 1 N–H and O–H groups in total. The molecule has 4 rings (SSSR count). The lowest BCUT2D eigenvalue weighted by molar-refractivity contribution is 0.0934. The molecule has 3 heterocycles. The molecule has 2 aromatic heterocycles. The zero-order chi connectivity index (χ0) is 22.3. The number of rotatable bonds is 7. The molecule has 1 saturated heterocycles. The second kappa shape index (κ2) is 10.5. The highest BCUT2D eigenvalue weighted by Gasteiger charge is 2.21. The number of aromatic nitrogens is 3. The Hall–Kier alpha value is -3.12. The molecular formula is C26H31N5O. The van der Waals surface area contributed by atoms with E-state index >= 15 is 0 Å². The van der Waals surface area contributed by atoms with Crippen molar-refractivity contribution < 1.29 is 4.79 Å². The van der Waals surface area contributed by atoms with Crippen LogP contribution in [0.3, 0.4) is 0 Å². The summed E-state index contributed by atoms with van der Waals surface area (Å²) in [5.74, 6) is 0.463. The Labute approximate surface area is 190 Å². The molecule has 0 spiro atoms. The van der Waals surface area contributed by atoms with Crippen molar-refractivity contribution in [2.75, 3.05) is 19.6 Å². The average Bonchev–Trinajstić information content (AvgIpc) is 2.85. The van der Waals surface area contributed by atoms with E-state index in [1.54, 1.807) is 18.6 Å². The summed E-state index contributed by atoms with van der Waals surface area (Å²) in [6.45, 7) is 6.90. The number of hydrogen-bond donors (Lipinski definition) is 1. The summed E-state index contributed by atoms with van der Waals surface area (Å²) >= 11 is 0. The largest absolute Gasteiger partial charge is 0.351 e. The van der Waals surface area contributed by atoms with Crippen molar-refractivity contribution in [2.45, 2.75) is 45.6 Å². The van der Waals surface area contributed by atoms with Crippen LogP contribution < -0.4 is 5.32 Å². The van der Waals surface area contributed by atoms with Gasteiger partial charge < -0.3 is 5.32 Å². The van der Waals surface area contributed by atoms with E-state index in [0.717, 1.165) is 30.6 Å². The molecule has 0 aliphatic carbocycles. The normalized spacial score (nSPS) is 16.6. The number of carbonyl (C=O) groups excluding carboxylic acids is 1. The van der Waals surface area contributed by atoms with Crippen LogP contribution in [0, 0.1) is 6.92 Å². The van der Waals surface area contributed by atoms with Crippen LogP contribution in [0.1, 0.15) is 48.5 Å². The van der Waals surface area contributed by atoms with Gasteiger partial charge in [0.2, 0.25) is 0 Å². The lowest BCUT2D eigenvalue weighted by Crippen LogP contribution is -2.43. The predicted octanol–water partition coefficient (Wildman–Crippen LogP) is 4.51. The molecule has 0 saturated carbocycles. The first-order chi connectivity index (χ1) is 15.7. The number of nitrogens with one attached hydrogen (secondary N) is 1. The van der Waals surface area contributed by atoms with Gasteiger partial charge in [0.15, 0.2) is 5.82 Å². The van der Waals surface area contributed by atoms with Crippen LogP contribution in [-0.4, -0.2) is 51.4 Å². The quantitative estimate of drug-likeness (QED) is 0.598. The number of nitrogens with zero attached hydrogens (tertiary/aromatic N) is 4. The third-order valence-electron chi connectivity index (χ3n) is 6.20. The van der Waals surface area contributed by atoms with Crippen LogP contribution in [0.5, 0.6) is 0 Å². The summed E-state index contributed by atoms with van der Waals surface area (Å²) in [6.07, 6.45) is 10.0. The van der Waals surface area contributed by atoms with Crippen molar-refractivity contribution in [3.63, 3.8) is 0 Å². The Kier molecular flexibility index (Phi) is 7.22. The number of aryl methyl sites for hydroxylation is 1. The zero-order valence-corrected chi connectivity index (χ0v) is 18.9. The van der Waals surface area contributed by atoms with Gasteiger partial charge in [-0.3, -0.25) is 14.7 Å². The van der Waals surface area contributed by atoms with Gasteiger partial charge in [0.05, 0.1) is 11.3 Å². The highest BCUT2D eigenvalue weighted by molar-refractivity contribution is 5.99. The van der Waals surface area contributed by atoms with Gasteiger partial charge >= 0.3 is 0 Å². The van der Waals surface area contributed by atoms with E-state index in [9.17, 15) is 4.79 Å². The summed E-state index contributed by atoms with van der Waals surface area (Å²) in [5, 5.41) is 3.09. The van der Waals surface area contributed by atoms with E-state index in [0.29, 0.717) is 29.7 Å². The SMILES string of the molecule is CCC1CCCCN1CCNC(=O)c1cnc(-c2ccc(C)cc2)nc1-c1ccncc1. The molecule has 1 aliphatic rings. The first-order valence-corrected chi connectivity index (χ1v) is 11.5. The molecule has 3 aromatic rings. The fourth-order valence-corrected chi connectivity index (χ4v) is 4.34. The van der Waals surface area contributed by atoms with Crippen molar-refractivity contribution in [3.8, 4) is 22.6 Å². The molecule has 1 amide bonds. The smallest absolute Gasteiger partial charge is 0.255 e. The van der Waals surface area contributed by atoms with E-state index in [4.69, 9.17) is 4.98 Å². The molecule has 1 aliphatic heterocycles. The molecule has 32 heavy (non-hydrogen) atoms. The van der Waals surface area contributed by atoms with E-state index in [-0.39, 0.29) is 5.91 Å². The molecule has 1 atom stereocenters. The first-order valence-electron chi connectivity index (χ1n) is 11.5. The van der Waals surface area contributed by atoms with Crippen molar-refractivity contribution in [3.05, 3.63) is 66.1 Å². The van der Waals surface area contributed by atoms with Gasteiger partial charge in [-0.2, -0.15) is 0 Å². The Morgan fingerprint density at radius 1 is 1.09 bits per heavy atom. The van der Waals surface area contributed by atoms with Gasteiger partial charge in [-0.05, 0) is 44.9 Å². The monoisotopic (exact) mass is 429 g/mol. The van der Waals surface area contributed by atoms with Gasteiger partial charge in [-0.1, -0.05) is 43.2 Å². The number of piperidine rings is 1. The summed E-state index contributed by atoms with van der Waals surface area (Å²) in [5.41, 5.74) is 4.06. The number of carbonyl (C=O) groups is 1. The molecule has 1 aromatic carbocycles. The molecule has 0 radical (unpaired) electrons. The average molecular weight is 430 g/mol. The van der Waals surface area contributed by atoms with Crippen LogP contribution in [0.25, 0.3) is 22.6 Å². The molecule has 6 nitrogen and oxygen atoms in total. The van der Waals surface area contributed by atoms with Crippen LogP contribution in [0.15, 0.2) is 55.0 Å². The molecule has 1 unspecified atom stereocenters. The number of benzene rings is 1. The lowest BCUT2D eigenvalue weighted by atomic mass is 10.0. The molecular weight excluding hydrogens is 398 g/mol. The fourth-order valence-electron chi connectivity index (χ4n) is 4.34. The summed E-state index contributed by atoms with van der Waals surface area (Å²) in [7, 11) is 0. The van der Waals surface area contributed by atoms with Crippen molar-refractivity contribution in [2.24, 2.45) is 0 Å². The summed E-state index contributed by atoms with van der Waals surface area (Å²) in [4.78, 5) is 29.0. The van der Waals surface area contributed by atoms with E-state index in [2.05, 4.69) is 27.1 Å². The maximum atomic E-state index is 13.1. The van der Waals surface area contributed by atoms with Crippen molar-refractivity contribution in [1.29, 1.82) is 0 Å². The highest BCUT2D eigenvalue weighted by atomic mass is 16.1. The molecule has 1 fully saturated rings. The zero-order valence-electron chi connectivity index (χ0n) is 18.9. The van der Waals surface area contributed by atoms with E-state index in [1.807, 2.05) is 43.3 Å². The predicted molar refractivity (Wildman–Crippen MR) is 127 cm³/mol. The second-order valence-electron chi connectivity index (χ2n) is 8.41. The topological polar surface area (TPSA) is 71.0 Å². The maximum absolute atomic E-state index is 13.1. The number of hydrogen-bond acceptors (Lipinski definition) is 5. The lowest BCUT2D eigenvalue weighted by Gasteiger charge is -2.35. The minimum absolute atomic E-state index is 0.141. The third-order valence-corrected chi connectivity index (χ3v) is 6.20. The maximum Gasteiger partial charge on any atom is 0.255 e. The molecule has 166 valence electrons. The van der Waals surface area contributed by atoms with Gasteiger partial charge in [0.1, 0.15) is 0 Å². The number of amides is 1. The Bertz CT molecular complexity index is 1040. The van der Waals surface area contributed by atoms with E-state index < -0.39 is 0 Å². The van der Waals surface area contributed by atoms with Crippen LogP contribution in [0.2, 0.25) is 0 Å².